The number of rotatable bonds is 3. The molecule has 0 saturated heterocycles. The number of hydrogen-bond donors (Lipinski definition) is 1. The second kappa shape index (κ2) is 4.40. The summed E-state index contributed by atoms with van der Waals surface area (Å²) >= 11 is 0. The second-order valence-corrected chi connectivity index (χ2v) is 5.09. The highest BCUT2D eigenvalue weighted by molar-refractivity contribution is 5.28. The van der Waals surface area contributed by atoms with Crippen LogP contribution in [-0.2, 0) is 13.0 Å². The first kappa shape index (κ1) is 10.7. The molecule has 2 N–H and O–H groups in total. The van der Waals surface area contributed by atoms with Crippen LogP contribution in [0, 0.1) is 5.92 Å². The van der Waals surface area contributed by atoms with Crippen LogP contribution >= 0.6 is 0 Å². The van der Waals surface area contributed by atoms with Gasteiger partial charge in [0.25, 0.3) is 0 Å². The predicted molar refractivity (Wildman–Crippen MR) is 63.8 cm³/mol. The van der Waals surface area contributed by atoms with Crippen molar-refractivity contribution in [2.45, 2.75) is 52.1 Å². The lowest BCUT2D eigenvalue weighted by Gasteiger charge is -2.21. The Balaban J connectivity index is 2.12. The monoisotopic (exact) mass is 206 g/mol. The van der Waals surface area contributed by atoms with E-state index < -0.39 is 0 Å². The Morgan fingerprint density at radius 3 is 3.07 bits per heavy atom. The molecule has 84 valence electrons. The molecule has 1 unspecified atom stereocenters. The number of nitrogens with two attached hydrogens (primary N) is 1. The topological polar surface area (TPSA) is 30.9 Å². The normalized spacial score (nSPS) is 20.7. The fourth-order valence-corrected chi connectivity index (χ4v) is 2.40. The second-order valence-electron chi connectivity index (χ2n) is 5.09. The highest BCUT2D eigenvalue weighted by atomic mass is 15.0. The molecule has 0 saturated carbocycles. The summed E-state index contributed by atoms with van der Waals surface area (Å²) in [6.45, 7) is 5.71. The smallest absolute Gasteiger partial charge is 0.0312 e. The summed E-state index contributed by atoms with van der Waals surface area (Å²) in [6.07, 6.45) is 7.10. The van der Waals surface area contributed by atoms with Crippen LogP contribution in [0.4, 0.5) is 0 Å². The summed E-state index contributed by atoms with van der Waals surface area (Å²) in [5.41, 5.74) is 8.99. The van der Waals surface area contributed by atoms with Gasteiger partial charge in [0.15, 0.2) is 0 Å². The first-order valence-electron chi connectivity index (χ1n) is 6.12. The average Bonchev–Trinajstić information content (AvgIpc) is 2.59. The molecule has 0 bridgehead atoms. The summed E-state index contributed by atoms with van der Waals surface area (Å²) in [5.74, 6) is 0.778. The van der Waals surface area contributed by atoms with Gasteiger partial charge in [-0.2, -0.15) is 0 Å². The van der Waals surface area contributed by atoms with E-state index in [0.717, 1.165) is 18.9 Å². The molecule has 1 aliphatic rings. The highest BCUT2D eigenvalue weighted by Crippen LogP contribution is 2.29. The molecule has 2 rings (SSSR count). The van der Waals surface area contributed by atoms with E-state index in [4.69, 9.17) is 5.73 Å². The fraction of sp³-hybridized carbons (Fsp3) is 0.692. The standard InChI is InChI=1S/C13H22N2/c1-10(2)6-8-15-9-7-11-12(14)4-3-5-13(11)15/h7,9-10,12H,3-6,8,14H2,1-2H3. The van der Waals surface area contributed by atoms with Gasteiger partial charge in [-0.05, 0) is 43.2 Å². The van der Waals surface area contributed by atoms with E-state index in [1.807, 2.05) is 0 Å². The maximum absolute atomic E-state index is 6.10. The number of fused-ring (bicyclic) bond motifs is 1. The van der Waals surface area contributed by atoms with Crippen LogP contribution in [0.15, 0.2) is 12.3 Å². The maximum Gasteiger partial charge on any atom is 0.0312 e. The Kier molecular flexibility index (Phi) is 3.15. The molecule has 0 aliphatic heterocycles. The Labute approximate surface area is 92.5 Å². The van der Waals surface area contributed by atoms with Crippen molar-refractivity contribution in [3.05, 3.63) is 23.5 Å². The number of nitrogens with zero attached hydrogens (tertiary/aromatic N) is 1. The minimum absolute atomic E-state index is 0.286. The van der Waals surface area contributed by atoms with Gasteiger partial charge in [0, 0.05) is 24.5 Å². The van der Waals surface area contributed by atoms with Gasteiger partial charge in [-0.15, -0.1) is 0 Å². The highest BCUT2D eigenvalue weighted by Gasteiger charge is 2.19. The van der Waals surface area contributed by atoms with Gasteiger partial charge in [-0.3, -0.25) is 0 Å². The van der Waals surface area contributed by atoms with Crippen LogP contribution in [0.25, 0.3) is 0 Å². The van der Waals surface area contributed by atoms with E-state index in [9.17, 15) is 0 Å². The van der Waals surface area contributed by atoms with E-state index in [2.05, 4.69) is 30.7 Å². The Hall–Kier alpha value is -0.760. The molecule has 1 aromatic rings. The summed E-state index contributed by atoms with van der Waals surface area (Å²) in [6, 6.07) is 2.51. The third kappa shape index (κ3) is 2.25. The van der Waals surface area contributed by atoms with Gasteiger partial charge < -0.3 is 10.3 Å². The lowest BCUT2D eigenvalue weighted by atomic mass is 9.93. The number of hydrogen-bond acceptors (Lipinski definition) is 1. The van der Waals surface area contributed by atoms with E-state index in [-0.39, 0.29) is 6.04 Å². The van der Waals surface area contributed by atoms with Crippen molar-refractivity contribution in [2.24, 2.45) is 11.7 Å². The Morgan fingerprint density at radius 1 is 1.53 bits per heavy atom. The molecule has 2 nitrogen and oxygen atoms in total. The molecule has 1 atom stereocenters. The number of aromatic nitrogens is 1. The van der Waals surface area contributed by atoms with E-state index in [1.54, 1.807) is 0 Å². The minimum atomic E-state index is 0.286. The molecule has 15 heavy (non-hydrogen) atoms. The molecular formula is C13H22N2. The van der Waals surface area contributed by atoms with Gasteiger partial charge in [-0.1, -0.05) is 13.8 Å². The van der Waals surface area contributed by atoms with Gasteiger partial charge >= 0.3 is 0 Å². The Morgan fingerprint density at radius 2 is 2.33 bits per heavy atom. The zero-order valence-corrected chi connectivity index (χ0v) is 9.87. The largest absolute Gasteiger partial charge is 0.351 e. The molecule has 1 heterocycles. The average molecular weight is 206 g/mol. The lowest BCUT2D eigenvalue weighted by molar-refractivity contribution is 0.488. The third-order valence-corrected chi connectivity index (χ3v) is 3.39. The third-order valence-electron chi connectivity index (χ3n) is 3.39. The molecule has 0 fully saturated rings. The van der Waals surface area contributed by atoms with Gasteiger partial charge in [0.05, 0.1) is 0 Å². The van der Waals surface area contributed by atoms with Crippen LogP contribution in [0.2, 0.25) is 0 Å². The predicted octanol–water partition coefficient (Wildman–Crippen LogP) is 2.87. The molecule has 1 aliphatic carbocycles. The summed E-state index contributed by atoms with van der Waals surface area (Å²) in [5, 5.41) is 0. The Bertz CT molecular complexity index is 325. The molecular weight excluding hydrogens is 184 g/mol. The van der Waals surface area contributed by atoms with Crippen LogP contribution in [0.1, 0.15) is 50.4 Å². The molecule has 1 aromatic heterocycles. The molecule has 0 amide bonds. The SMILES string of the molecule is CC(C)CCn1ccc2c1CCCC2N. The van der Waals surface area contributed by atoms with Gasteiger partial charge in [-0.25, -0.2) is 0 Å². The first-order chi connectivity index (χ1) is 7.18. The van der Waals surface area contributed by atoms with Crippen molar-refractivity contribution in [2.75, 3.05) is 0 Å². The van der Waals surface area contributed by atoms with Gasteiger partial charge in [0.2, 0.25) is 0 Å². The first-order valence-corrected chi connectivity index (χ1v) is 6.12. The van der Waals surface area contributed by atoms with Crippen molar-refractivity contribution in [1.82, 2.24) is 4.57 Å². The minimum Gasteiger partial charge on any atom is -0.351 e. The van der Waals surface area contributed by atoms with E-state index in [1.165, 1.54) is 30.5 Å². The summed E-state index contributed by atoms with van der Waals surface area (Å²) < 4.78 is 2.41. The molecule has 0 aromatic carbocycles. The zero-order valence-electron chi connectivity index (χ0n) is 9.87. The zero-order chi connectivity index (χ0) is 10.8. The van der Waals surface area contributed by atoms with E-state index >= 15 is 0 Å². The van der Waals surface area contributed by atoms with Crippen LogP contribution in [0.5, 0.6) is 0 Å². The van der Waals surface area contributed by atoms with Crippen LogP contribution in [-0.4, -0.2) is 4.57 Å². The molecule has 2 heteroatoms. The van der Waals surface area contributed by atoms with E-state index in [0.29, 0.717) is 0 Å². The van der Waals surface area contributed by atoms with Crippen molar-refractivity contribution < 1.29 is 0 Å². The fourth-order valence-electron chi connectivity index (χ4n) is 2.40. The van der Waals surface area contributed by atoms with Crippen molar-refractivity contribution in [1.29, 1.82) is 0 Å². The van der Waals surface area contributed by atoms with Gasteiger partial charge in [0.1, 0.15) is 0 Å². The number of aryl methyl sites for hydroxylation is 1. The van der Waals surface area contributed by atoms with Crippen LogP contribution < -0.4 is 5.73 Å². The van der Waals surface area contributed by atoms with Crippen molar-refractivity contribution >= 4 is 0 Å². The lowest BCUT2D eigenvalue weighted by Crippen LogP contribution is -2.18. The maximum atomic E-state index is 6.10. The van der Waals surface area contributed by atoms with Crippen LogP contribution in [0.3, 0.4) is 0 Å². The summed E-state index contributed by atoms with van der Waals surface area (Å²) in [7, 11) is 0. The van der Waals surface area contributed by atoms with Crippen molar-refractivity contribution in [3.8, 4) is 0 Å². The molecule has 0 radical (unpaired) electrons. The van der Waals surface area contributed by atoms with Crippen molar-refractivity contribution in [3.63, 3.8) is 0 Å². The summed E-state index contributed by atoms with van der Waals surface area (Å²) in [4.78, 5) is 0. The molecule has 0 spiro atoms. The quantitative estimate of drug-likeness (QED) is 0.810.